The van der Waals surface area contributed by atoms with Crippen LogP contribution in [-0.4, -0.2) is 64.9 Å². The number of amides is 2. The predicted octanol–water partition coefficient (Wildman–Crippen LogP) is 2.68. The minimum absolute atomic E-state index is 0.0734. The highest BCUT2D eigenvalue weighted by molar-refractivity contribution is 5.96. The average Bonchev–Trinajstić information content (AvgIpc) is 3.22. The van der Waals surface area contributed by atoms with Gasteiger partial charge in [0.05, 0.1) is 18.6 Å². The molecule has 7 nitrogen and oxygen atoms in total. The molecule has 0 saturated carbocycles. The summed E-state index contributed by atoms with van der Waals surface area (Å²) < 4.78 is 6.12. The lowest BCUT2D eigenvalue weighted by Gasteiger charge is -2.41. The van der Waals surface area contributed by atoms with E-state index in [4.69, 9.17) is 4.74 Å². The molecule has 1 aliphatic heterocycles. The highest BCUT2D eigenvalue weighted by Crippen LogP contribution is 2.47. The molecular weight excluding hydrogens is 420 g/mol. The summed E-state index contributed by atoms with van der Waals surface area (Å²) in [6, 6.07) is 6.79. The number of unbranched alkanes of at least 4 members (excludes halogenated alkanes) is 3. The Bertz CT molecular complexity index is 868. The highest BCUT2D eigenvalue weighted by atomic mass is 16.5. The highest BCUT2D eigenvalue weighted by Gasteiger charge is 2.50. The zero-order chi connectivity index (χ0) is 23.8. The molecule has 180 valence electrons. The summed E-state index contributed by atoms with van der Waals surface area (Å²) in [5.41, 5.74) is 1.31. The number of hydrogen-bond donors (Lipinski definition) is 3. The van der Waals surface area contributed by atoms with Gasteiger partial charge in [-0.25, -0.2) is 0 Å². The van der Waals surface area contributed by atoms with Gasteiger partial charge < -0.3 is 25.2 Å². The molecule has 0 radical (unpaired) electrons. The molecule has 4 atom stereocenters. The van der Waals surface area contributed by atoms with Gasteiger partial charge in [0, 0.05) is 30.6 Å². The number of ether oxygens (including phenoxy) is 1. The van der Waals surface area contributed by atoms with Crippen LogP contribution in [0.4, 0.5) is 0 Å². The van der Waals surface area contributed by atoms with E-state index in [1.807, 2.05) is 24.3 Å². The maximum absolute atomic E-state index is 13.1. The average molecular weight is 457 g/mol. The first-order chi connectivity index (χ1) is 16.0. The number of para-hydroxylation sites is 1. The quantitative estimate of drug-likeness (QED) is 0.332. The molecule has 2 aliphatic rings. The lowest BCUT2D eigenvalue weighted by atomic mass is 9.77. The van der Waals surface area contributed by atoms with Crippen LogP contribution in [0.25, 0.3) is 0 Å². The van der Waals surface area contributed by atoms with Crippen LogP contribution < -0.4 is 10.1 Å². The van der Waals surface area contributed by atoms with Crippen molar-refractivity contribution in [2.45, 2.75) is 69.6 Å². The summed E-state index contributed by atoms with van der Waals surface area (Å²) in [7, 11) is 0. The van der Waals surface area contributed by atoms with Crippen LogP contribution in [0, 0.1) is 0 Å². The van der Waals surface area contributed by atoms with E-state index in [0.29, 0.717) is 30.7 Å². The number of allylic oxidation sites excluding steroid dienone is 1. The van der Waals surface area contributed by atoms with Crippen molar-refractivity contribution < 1.29 is 24.5 Å². The summed E-state index contributed by atoms with van der Waals surface area (Å²) in [5, 5.41) is 23.3. The molecule has 0 saturated heterocycles. The molecular formula is C26H36N2O5. The van der Waals surface area contributed by atoms with Crippen LogP contribution in [-0.2, 0) is 9.59 Å². The number of aliphatic hydroxyl groups is 2. The summed E-state index contributed by atoms with van der Waals surface area (Å²) >= 11 is 0. The first-order valence-corrected chi connectivity index (χ1v) is 12.0. The van der Waals surface area contributed by atoms with E-state index in [2.05, 4.69) is 18.8 Å². The van der Waals surface area contributed by atoms with Gasteiger partial charge in [-0.1, -0.05) is 50.5 Å². The van der Waals surface area contributed by atoms with Gasteiger partial charge in [-0.2, -0.15) is 0 Å². The Morgan fingerprint density at radius 1 is 1.24 bits per heavy atom. The SMILES string of the molecule is C=CCCC(=O)N(CCCCCC)[C@@H]1C=C(C(=O)NCCO)[C@@H]2c3ccccc3O[C@@H]2[C@H]1O. The monoisotopic (exact) mass is 456 g/mol. The Balaban J connectivity index is 1.96. The fourth-order valence-corrected chi connectivity index (χ4v) is 4.71. The molecule has 0 spiro atoms. The number of hydrogen-bond acceptors (Lipinski definition) is 5. The van der Waals surface area contributed by atoms with Crippen molar-refractivity contribution in [3.63, 3.8) is 0 Å². The number of carbonyl (C=O) groups is 2. The molecule has 3 rings (SSSR count). The Hall–Kier alpha value is -2.64. The predicted molar refractivity (Wildman–Crippen MR) is 127 cm³/mol. The smallest absolute Gasteiger partial charge is 0.247 e. The summed E-state index contributed by atoms with van der Waals surface area (Å²) in [5.74, 6) is -0.187. The van der Waals surface area contributed by atoms with E-state index in [-0.39, 0.29) is 25.0 Å². The van der Waals surface area contributed by atoms with Crippen molar-refractivity contribution in [3.05, 3.63) is 54.1 Å². The first-order valence-electron chi connectivity index (χ1n) is 12.0. The fraction of sp³-hybridized carbons (Fsp3) is 0.538. The van der Waals surface area contributed by atoms with Gasteiger partial charge in [0.1, 0.15) is 18.0 Å². The van der Waals surface area contributed by atoms with Crippen LogP contribution in [0.3, 0.4) is 0 Å². The van der Waals surface area contributed by atoms with E-state index in [1.54, 1.807) is 17.1 Å². The fourth-order valence-electron chi connectivity index (χ4n) is 4.71. The number of aliphatic hydroxyl groups excluding tert-OH is 2. The third-order valence-electron chi connectivity index (χ3n) is 6.37. The molecule has 3 N–H and O–H groups in total. The summed E-state index contributed by atoms with van der Waals surface area (Å²) in [6.45, 7) is 6.30. The number of rotatable bonds is 12. The molecule has 1 aliphatic carbocycles. The topological polar surface area (TPSA) is 99.1 Å². The van der Waals surface area contributed by atoms with E-state index in [1.165, 1.54) is 0 Å². The molecule has 1 aromatic rings. The zero-order valence-electron chi connectivity index (χ0n) is 19.4. The first kappa shape index (κ1) is 25.0. The zero-order valence-corrected chi connectivity index (χ0v) is 19.4. The second-order valence-corrected chi connectivity index (χ2v) is 8.66. The van der Waals surface area contributed by atoms with Crippen molar-refractivity contribution in [1.29, 1.82) is 0 Å². The van der Waals surface area contributed by atoms with Crippen LogP contribution in [0.2, 0.25) is 0 Å². The second kappa shape index (κ2) is 12.0. The molecule has 0 bridgehead atoms. The van der Waals surface area contributed by atoms with Gasteiger partial charge in [0.2, 0.25) is 11.8 Å². The lowest BCUT2D eigenvalue weighted by molar-refractivity contribution is -0.137. The molecule has 0 aromatic heterocycles. The largest absolute Gasteiger partial charge is 0.486 e. The third kappa shape index (κ3) is 5.65. The van der Waals surface area contributed by atoms with Gasteiger partial charge >= 0.3 is 0 Å². The Kier molecular flexibility index (Phi) is 9.09. The second-order valence-electron chi connectivity index (χ2n) is 8.66. The molecule has 1 aromatic carbocycles. The molecule has 0 unspecified atom stereocenters. The van der Waals surface area contributed by atoms with Gasteiger partial charge in [0.25, 0.3) is 0 Å². The van der Waals surface area contributed by atoms with Gasteiger partial charge in [0.15, 0.2) is 0 Å². The summed E-state index contributed by atoms with van der Waals surface area (Å²) in [4.78, 5) is 27.9. The van der Waals surface area contributed by atoms with E-state index < -0.39 is 24.2 Å². The minimum atomic E-state index is -0.976. The molecule has 2 amide bonds. The molecule has 0 fully saturated rings. The van der Waals surface area contributed by atoms with Gasteiger partial charge in [-0.05, 0) is 25.0 Å². The van der Waals surface area contributed by atoms with Crippen LogP contribution >= 0.6 is 0 Å². The van der Waals surface area contributed by atoms with Crippen molar-refractivity contribution >= 4 is 11.8 Å². The molecule has 7 heteroatoms. The van der Waals surface area contributed by atoms with Gasteiger partial charge in [-0.15, -0.1) is 6.58 Å². The van der Waals surface area contributed by atoms with Crippen LogP contribution in [0.1, 0.15) is 56.9 Å². The standard InChI is InChI=1S/C26H36N2O5/c1-3-5-7-10-15-28(22(30)13-6-4-2)20-17-19(26(32)27-14-16-29)23-18-11-8-9-12-21(18)33-25(23)24(20)31/h4,8-9,11-12,17,20,23-25,29,31H,2-3,5-7,10,13-16H2,1H3,(H,27,32)/t20-,23+,24+,25+/m1/s1. The molecule has 1 heterocycles. The maximum atomic E-state index is 13.1. The normalized spacial score (nSPS) is 23.1. The number of benzene rings is 1. The van der Waals surface area contributed by atoms with Crippen molar-refractivity contribution in [1.82, 2.24) is 10.2 Å². The van der Waals surface area contributed by atoms with Crippen molar-refractivity contribution in [3.8, 4) is 5.75 Å². The van der Waals surface area contributed by atoms with Crippen LogP contribution in [0.15, 0.2) is 48.6 Å². The Labute approximate surface area is 196 Å². The van der Waals surface area contributed by atoms with Crippen molar-refractivity contribution in [2.75, 3.05) is 19.7 Å². The summed E-state index contributed by atoms with van der Waals surface area (Å²) in [6.07, 6.45) is 6.63. The van der Waals surface area contributed by atoms with E-state index in [0.717, 1.165) is 31.2 Å². The Morgan fingerprint density at radius 2 is 2.03 bits per heavy atom. The molecule has 33 heavy (non-hydrogen) atoms. The Morgan fingerprint density at radius 3 is 2.76 bits per heavy atom. The van der Waals surface area contributed by atoms with Gasteiger partial charge in [-0.3, -0.25) is 9.59 Å². The minimum Gasteiger partial charge on any atom is -0.486 e. The van der Waals surface area contributed by atoms with E-state index >= 15 is 0 Å². The number of fused-ring (bicyclic) bond motifs is 3. The number of carbonyl (C=O) groups excluding carboxylic acids is 2. The lowest BCUT2D eigenvalue weighted by Crippen LogP contribution is -2.56. The third-order valence-corrected chi connectivity index (χ3v) is 6.37. The van der Waals surface area contributed by atoms with Crippen LogP contribution in [0.5, 0.6) is 5.75 Å². The number of nitrogens with one attached hydrogen (secondary N) is 1. The van der Waals surface area contributed by atoms with Crippen molar-refractivity contribution in [2.24, 2.45) is 0 Å². The number of nitrogens with zero attached hydrogens (tertiary/aromatic N) is 1. The maximum Gasteiger partial charge on any atom is 0.247 e. The van der Waals surface area contributed by atoms with E-state index in [9.17, 15) is 19.8 Å².